The van der Waals surface area contributed by atoms with Gasteiger partial charge in [-0.1, -0.05) is 0 Å². The maximum absolute atomic E-state index is 12.2. The van der Waals surface area contributed by atoms with Crippen molar-refractivity contribution >= 4 is 10.0 Å². The Bertz CT molecular complexity index is 530. The normalized spacial score (nSPS) is 24.6. The van der Waals surface area contributed by atoms with Crippen LogP contribution < -0.4 is 10.0 Å². The molecule has 0 radical (unpaired) electrons. The number of imidazole rings is 1. The first-order valence-corrected chi connectivity index (χ1v) is 8.20. The lowest BCUT2D eigenvalue weighted by Gasteiger charge is -2.27. The lowest BCUT2D eigenvalue weighted by Crippen LogP contribution is -2.48. The summed E-state index contributed by atoms with van der Waals surface area (Å²) < 4.78 is 29.1. The predicted octanol–water partition coefficient (Wildman–Crippen LogP) is 0.630. The van der Waals surface area contributed by atoms with Crippen molar-refractivity contribution in [3.8, 4) is 0 Å². The number of rotatable bonds is 4. The molecule has 0 bridgehead atoms. The summed E-state index contributed by atoms with van der Waals surface area (Å²) in [5, 5.41) is 3.40. The molecule has 1 aromatic rings. The van der Waals surface area contributed by atoms with Gasteiger partial charge in [0.1, 0.15) is 5.82 Å². The van der Waals surface area contributed by atoms with E-state index in [0.29, 0.717) is 12.6 Å². The first-order chi connectivity index (χ1) is 8.92. The van der Waals surface area contributed by atoms with Crippen LogP contribution in [-0.4, -0.2) is 36.6 Å². The minimum absolute atomic E-state index is 0.0479. The van der Waals surface area contributed by atoms with Crippen molar-refractivity contribution in [2.24, 2.45) is 0 Å². The molecule has 0 aromatic carbocycles. The molecule has 7 heteroatoms. The van der Waals surface area contributed by atoms with Crippen molar-refractivity contribution in [1.29, 1.82) is 0 Å². The van der Waals surface area contributed by atoms with Gasteiger partial charge >= 0.3 is 0 Å². The molecule has 1 aromatic heterocycles. The molecule has 1 aliphatic heterocycles. The standard InChI is InChI=1S/C12H22N4O2S/c1-4-16-8-12(14-10(16)3)19(17,18)15-11-6-5-9(2)13-7-11/h8-9,11,13,15H,4-7H2,1-3H3. The van der Waals surface area contributed by atoms with Crippen LogP contribution >= 0.6 is 0 Å². The third-order valence-corrected chi connectivity index (χ3v) is 4.94. The fourth-order valence-electron chi connectivity index (χ4n) is 2.31. The van der Waals surface area contributed by atoms with Crippen molar-refractivity contribution in [2.75, 3.05) is 6.54 Å². The van der Waals surface area contributed by atoms with Crippen LogP contribution in [0.25, 0.3) is 0 Å². The number of aryl methyl sites for hydroxylation is 2. The van der Waals surface area contributed by atoms with Crippen LogP contribution in [-0.2, 0) is 16.6 Å². The molecule has 2 unspecified atom stereocenters. The highest BCUT2D eigenvalue weighted by Gasteiger charge is 2.25. The van der Waals surface area contributed by atoms with E-state index < -0.39 is 10.0 Å². The molecule has 0 saturated carbocycles. The van der Waals surface area contributed by atoms with E-state index in [1.54, 1.807) is 6.20 Å². The van der Waals surface area contributed by atoms with Gasteiger partial charge in [-0.05, 0) is 33.6 Å². The Morgan fingerprint density at radius 2 is 2.26 bits per heavy atom. The summed E-state index contributed by atoms with van der Waals surface area (Å²) in [5.41, 5.74) is 0. The predicted molar refractivity (Wildman–Crippen MR) is 73.4 cm³/mol. The van der Waals surface area contributed by atoms with E-state index >= 15 is 0 Å². The molecule has 2 N–H and O–H groups in total. The molecule has 0 spiro atoms. The first kappa shape index (κ1) is 14.5. The van der Waals surface area contributed by atoms with Gasteiger partial charge in [-0.25, -0.2) is 18.1 Å². The molecule has 1 saturated heterocycles. The minimum Gasteiger partial charge on any atom is -0.334 e. The van der Waals surface area contributed by atoms with Crippen molar-refractivity contribution in [2.45, 2.75) is 57.3 Å². The molecule has 19 heavy (non-hydrogen) atoms. The van der Waals surface area contributed by atoms with Crippen molar-refractivity contribution < 1.29 is 8.42 Å². The highest BCUT2D eigenvalue weighted by atomic mass is 32.2. The van der Waals surface area contributed by atoms with E-state index in [1.807, 2.05) is 18.4 Å². The van der Waals surface area contributed by atoms with Crippen LogP contribution in [0.5, 0.6) is 0 Å². The fourth-order valence-corrected chi connectivity index (χ4v) is 3.59. The van der Waals surface area contributed by atoms with Gasteiger partial charge in [0, 0.05) is 31.4 Å². The second-order valence-corrected chi connectivity index (χ2v) is 6.78. The van der Waals surface area contributed by atoms with Crippen LogP contribution in [0.2, 0.25) is 0 Å². The van der Waals surface area contributed by atoms with Gasteiger partial charge in [0.2, 0.25) is 0 Å². The van der Waals surface area contributed by atoms with Crippen molar-refractivity contribution in [3.63, 3.8) is 0 Å². The molecule has 0 amide bonds. The highest BCUT2D eigenvalue weighted by molar-refractivity contribution is 7.89. The van der Waals surface area contributed by atoms with Crippen LogP contribution in [0.4, 0.5) is 0 Å². The van der Waals surface area contributed by atoms with Gasteiger partial charge in [-0.3, -0.25) is 0 Å². The minimum atomic E-state index is -3.51. The Morgan fingerprint density at radius 3 is 2.79 bits per heavy atom. The zero-order valence-corrected chi connectivity index (χ0v) is 12.5. The molecule has 2 heterocycles. The fraction of sp³-hybridized carbons (Fsp3) is 0.750. The third kappa shape index (κ3) is 3.34. The molecule has 6 nitrogen and oxygen atoms in total. The van der Waals surface area contributed by atoms with E-state index in [-0.39, 0.29) is 11.1 Å². The average molecular weight is 286 g/mol. The largest absolute Gasteiger partial charge is 0.334 e. The van der Waals surface area contributed by atoms with E-state index in [4.69, 9.17) is 0 Å². The van der Waals surface area contributed by atoms with Gasteiger partial charge in [-0.15, -0.1) is 0 Å². The monoisotopic (exact) mass is 286 g/mol. The van der Waals surface area contributed by atoms with Crippen LogP contribution in [0, 0.1) is 6.92 Å². The summed E-state index contributed by atoms with van der Waals surface area (Å²) in [6, 6.07) is 0.413. The van der Waals surface area contributed by atoms with Gasteiger partial charge < -0.3 is 9.88 Å². The molecule has 108 valence electrons. The Kier molecular flexibility index (Phi) is 4.27. The topological polar surface area (TPSA) is 76.0 Å². The number of aromatic nitrogens is 2. The lowest BCUT2D eigenvalue weighted by molar-refractivity contribution is 0.366. The quantitative estimate of drug-likeness (QED) is 0.851. The Morgan fingerprint density at radius 1 is 1.53 bits per heavy atom. The number of hydrogen-bond acceptors (Lipinski definition) is 4. The number of nitrogens with zero attached hydrogens (tertiary/aromatic N) is 2. The zero-order chi connectivity index (χ0) is 14.0. The number of sulfonamides is 1. The Labute approximate surface area is 114 Å². The van der Waals surface area contributed by atoms with E-state index in [1.165, 1.54) is 0 Å². The van der Waals surface area contributed by atoms with Crippen LogP contribution in [0.15, 0.2) is 11.2 Å². The van der Waals surface area contributed by atoms with Gasteiger partial charge in [0.15, 0.2) is 5.03 Å². The Balaban J connectivity index is 2.09. The SMILES string of the molecule is CCn1cc(S(=O)(=O)NC2CCC(C)NC2)nc1C. The first-order valence-electron chi connectivity index (χ1n) is 6.72. The Hall–Kier alpha value is -0.920. The van der Waals surface area contributed by atoms with Crippen molar-refractivity contribution in [3.05, 3.63) is 12.0 Å². The molecule has 1 fully saturated rings. The van der Waals surface area contributed by atoms with Gasteiger partial charge in [0.25, 0.3) is 10.0 Å². The molecule has 2 rings (SSSR count). The lowest BCUT2D eigenvalue weighted by atomic mass is 10.0. The van der Waals surface area contributed by atoms with Crippen LogP contribution in [0.1, 0.15) is 32.5 Å². The third-order valence-electron chi connectivity index (χ3n) is 3.55. The van der Waals surface area contributed by atoms with Gasteiger partial charge in [0.05, 0.1) is 0 Å². The van der Waals surface area contributed by atoms with Gasteiger partial charge in [-0.2, -0.15) is 0 Å². The second kappa shape index (κ2) is 5.60. The summed E-state index contributed by atoms with van der Waals surface area (Å²) in [6.45, 7) is 7.28. The van der Waals surface area contributed by atoms with E-state index in [2.05, 4.69) is 21.9 Å². The molecule has 0 aliphatic carbocycles. The van der Waals surface area contributed by atoms with Crippen LogP contribution in [0.3, 0.4) is 0 Å². The van der Waals surface area contributed by atoms with Crippen molar-refractivity contribution in [1.82, 2.24) is 19.6 Å². The maximum Gasteiger partial charge on any atom is 0.259 e. The summed E-state index contributed by atoms with van der Waals surface area (Å²) in [6.07, 6.45) is 3.44. The smallest absolute Gasteiger partial charge is 0.259 e. The molecular weight excluding hydrogens is 264 g/mol. The molecule has 1 aliphatic rings. The molecule has 2 atom stereocenters. The maximum atomic E-state index is 12.2. The summed E-state index contributed by atoms with van der Waals surface area (Å²) in [5.74, 6) is 0.721. The number of hydrogen-bond donors (Lipinski definition) is 2. The second-order valence-electron chi connectivity index (χ2n) is 5.12. The van der Waals surface area contributed by atoms with E-state index in [0.717, 1.165) is 25.2 Å². The zero-order valence-electron chi connectivity index (χ0n) is 11.7. The highest BCUT2D eigenvalue weighted by Crippen LogP contribution is 2.13. The molecular formula is C12H22N4O2S. The summed E-state index contributed by atoms with van der Waals surface area (Å²) >= 11 is 0. The van der Waals surface area contributed by atoms with E-state index in [9.17, 15) is 8.42 Å². The summed E-state index contributed by atoms with van der Waals surface area (Å²) in [7, 11) is -3.51. The summed E-state index contributed by atoms with van der Waals surface area (Å²) in [4.78, 5) is 4.13. The number of piperidine rings is 1. The number of nitrogens with one attached hydrogen (secondary N) is 2. The average Bonchev–Trinajstić information content (AvgIpc) is 2.74.